The second-order valence-electron chi connectivity index (χ2n) is 4.59. The van der Waals surface area contributed by atoms with E-state index >= 15 is 0 Å². The van der Waals surface area contributed by atoms with E-state index in [9.17, 15) is 5.11 Å². The lowest BCUT2D eigenvalue weighted by Crippen LogP contribution is -2.43. The number of nitrogens with zero attached hydrogens (tertiary/aromatic N) is 1. The first-order valence-corrected chi connectivity index (χ1v) is 6.50. The van der Waals surface area contributed by atoms with Gasteiger partial charge in [0.05, 0.1) is 0 Å². The van der Waals surface area contributed by atoms with E-state index in [1.54, 1.807) is 12.1 Å². The van der Waals surface area contributed by atoms with Crippen LogP contribution in [0.25, 0.3) is 0 Å². The third-order valence-corrected chi connectivity index (χ3v) is 3.83. The molecule has 1 fully saturated rings. The van der Waals surface area contributed by atoms with Crippen LogP contribution < -0.4 is 5.73 Å². The van der Waals surface area contributed by atoms with Crippen LogP contribution >= 0.6 is 11.6 Å². The number of halogens is 1. The van der Waals surface area contributed by atoms with Crippen LogP contribution in [-0.2, 0) is 6.54 Å². The van der Waals surface area contributed by atoms with Gasteiger partial charge in [0.15, 0.2) is 0 Å². The molecule has 94 valence electrons. The van der Waals surface area contributed by atoms with Crippen molar-refractivity contribution in [2.45, 2.75) is 31.8 Å². The van der Waals surface area contributed by atoms with E-state index in [1.807, 2.05) is 6.07 Å². The molecule has 1 atom stereocenters. The average Bonchev–Trinajstić information content (AvgIpc) is 2.34. The molecule has 1 heterocycles. The summed E-state index contributed by atoms with van der Waals surface area (Å²) >= 11 is 6.12. The molecular formula is C13H19ClN2O. The SMILES string of the molecule is NCC1CCCCN1Cc1c(O)cccc1Cl. The van der Waals surface area contributed by atoms with Crippen molar-refractivity contribution < 1.29 is 5.11 Å². The second kappa shape index (κ2) is 5.71. The Labute approximate surface area is 107 Å². The lowest BCUT2D eigenvalue weighted by atomic mass is 10.0. The zero-order valence-electron chi connectivity index (χ0n) is 9.90. The van der Waals surface area contributed by atoms with E-state index < -0.39 is 0 Å². The van der Waals surface area contributed by atoms with Gasteiger partial charge in [0, 0.05) is 29.7 Å². The second-order valence-corrected chi connectivity index (χ2v) is 5.00. The normalized spacial score (nSPS) is 21.6. The summed E-state index contributed by atoms with van der Waals surface area (Å²) in [5.74, 6) is 0.277. The van der Waals surface area contributed by atoms with Gasteiger partial charge in [-0.25, -0.2) is 0 Å². The minimum absolute atomic E-state index is 0.277. The van der Waals surface area contributed by atoms with E-state index in [0.717, 1.165) is 18.5 Å². The topological polar surface area (TPSA) is 49.5 Å². The van der Waals surface area contributed by atoms with Crippen LogP contribution in [0.2, 0.25) is 5.02 Å². The number of piperidine rings is 1. The maximum absolute atomic E-state index is 9.84. The van der Waals surface area contributed by atoms with Crippen molar-refractivity contribution in [3.63, 3.8) is 0 Å². The van der Waals surface area contributed by atoms with E-state index in [-0.39, 0.29) is 5.75 Å². The fourth-order valence-corrected chi connectivity index (χ4v) is 2.67. The molecule has 0 radical (unpaired) electrons. The van der Waals surface area contributed by atoms with Gasteiger partial charge >= 0.3 is 0 Å². The van der Waals surface area contributed by atoms with E-state index in [4.69, 9.17) is 17.3 Å². The van der Waals surface area contributed by atoms with Crippen LogP contribution in [0.1, 0.15) is 24.8 Å². The maximum atomic E-state index is 9.84. The highest BCUT2D eigenvalue weighted by atomic mass is 35.5. The Balaban J connectivity index is 2.13. The van der Waals surface area contributed by atoms with Crippen LogP contribution in [0.5, 0.6) is 5.75 Å². The van der Waals surface area contributed by atoms with E-state index in [1.165, 1.54) is 12.8 Å². The van der Waals surface area contributed by atoms with Gasteiger partial charge in [-0.05, 0) is 31.5 Å². The number of rotatable bonds is 3. The number of nitrogens with two attached hydrogens (primary N) is 1. The Kier molecular flexibility index (Phi) is 4.26. The Hall–Kier alpha value is -0.770. The highest BCUT2D eigenvalue weighted by Crippen LogP contribution is 2.28. The third kappa shape index (κ3) is 2.92. The van der Waals surface area contributed by atoms with Gasteiger partial charge in [-0.1, -0.05) is 24.1 Å². The predicted octanol–water partition coefficient (Wildman–Crippen LogP) is 2.36. The Morgan fingerprint density at radius 1 is 1.41 bits per heavy atom. The standard InChI is InChI=1S/C13H19ClN2O/c14-12-5-3-6-13(17)11(12)9-16-7-2-1-4-10(16)8-15/h3,5-6,10,17H,1-2,4,7-9,15H2. The summed E-state index contributed by atoms with van der Waals surface area (Å²) in [4.78, 5) is 2.32. The Bertz CT molecular complexity index is 363. The van der Waals surface area contributed by atoms with Crippen LogP contribution in [-0.4, -0.2) is 29.1 Å². The van der Waals surface area contributed by atoms with Crippen LogP contribution in [0.15, 0.2) is 18.2 Å². The molecule has 3 nitrogen and oxygen atoms in total. The van der Waals surface area contributed by atoms with Gasteiger partial charge in [0.2, 0.25) is 0 Å². The van der Waals surface area contributed by atoms with Crippen LogP contribution in [0.3, 0.4) is 0 Å². The Morgan fingerprint density at radius 3 is 2.94 bits per heavy atom. The summed E-state index contributed by atoms with van der Waals surface area (Å²) in [7, 11) is 0. The molecule has 1 aliphatic heterocycles. The highest BCUT2D eigenvalue weighted by Gasteiger charge is 2.22. The molecule has 4 heteroatoms. The minimum atomic E-state index is 0.277. The number of likely N-dealkylation sites (tertiary alicyclic amines) is 1. The number of phenols is 1. The number of aromatic hydroxyl groups is 1. The molecule has 0 amide bonds. The summed E-state index contributed by atoms with van der Waals surface area (Å²) in [5, 5.41) is 10.5. The number of benzene rings is 1. The zero-order chi connectivity index (χ0) is 12.3. The fourth-order valence-electron chi connectivity index (χ4n) is 2.44. The lowest BCUT2D eigenvalue weighted by molar-refractivity contribution is 0.143. The molecule has 3 N–H and O–H groups in total. The molecule has 2 rings (SSSR count). The van der Waals surface area contributed by atoms with Crippen molar-refractivity contribution in [3.8, 4) is 5.75 Å². The first-order chi connectivity index (χ1) is 8.22. The van der Waals surface area contributed by atoms with Crippen LogP contribution in [0.4, 0.5) is 0 Å². The molecule has 1 aliphatic rings. The van der Waals surface area contributed by atoms with Gasteiger partial charge in [-0.2, -0.15) is 0 Å². The highest BCUT2D eigenvalue weighted by molar-refractivity contribution is 6.31. The van der Waals surface area contributed by atoms with Crippen molar-refractivity contribution in [2.75, 3.05) is 13.1 Å². The molecule has 1 unspecified atom stereocenters. The minimum Gasteiger partial charge on any atom is -0.508 e. The van der Waals surface area contributed by atoms with Gasteiger partial charge in [0.1, 0.15) is 5.75 Å². The summed E-state index contributed by atoms with van der Waals surface area (Å²) in [6, 6.07) is 5.68. The first-order valence-electron chi connectivity index (χ1n) is 6.13. The van der Waals surface area contributed by atoms with Gasteiger partial charge in [-0.3, -0.25) is 4.90 Å². The number of hydrogen-bond acceptors (Lipinski definition) is 3. The maximum Gasteiger partial charge on any atom is 0.121 e. The van der Waals surface area contributed by atoms with E-state index in [2.05, 4.69) is 4.90 Å². The van der Waals surface area contributed by atoms with E-state index in [0.29, 0.717) is 24.2 Å². The van der Waals surface area contributed by atoms with Crippen molar-refractivity contribution >= 4 is 11.6 Å². The van der Waals surface area contributed by atoms with Crippen molar-refractivity contribution in [2.24, 2.45) is 5.73 Å². The molecule has 0 aromatic heterocycles. The zero-order valence-corrected chi connectivity index (χ0v) is 10.7. The van der Waals surface area contributed by atoms with Crippen molar-refractivity contribution in [3.05, 3.63) is 28.8 Å². The quantitative estimate of drug-likeness (QED) is 0.871. The molecule has 0 spiro atoms. The van der Waals surface area contributed by atoms with Gasteiger partial charge in [0.25, 0.3) is 0 Å². The van der Waals surface area contributed by atoms with Crippen molar-refractivity contribution in [1.29, 1.82) is 0 Å². The molecule has 0 aliphatic carbocycles. The molecule has 1 aromatic rings. The summed E-state index contributed by atoms with van der Waals surface area (Å²) < 4.78 is 0. The molecule has 1 aromatic carbocycles. The fraction of sp³-hybridized carbons (Fsp3) is 0.538. The number of phenolic OH excluding ortho intramolecular Hbond substituents is 1. The summed E-state index contributed by atoms with van der Waals surface area (Å²) in [6.07, 6.45) is 3.58. The molecule has 0 bridgehead atoms. The smallest absolute Gasteiger partial charge is 0.121 e. The lowest BCUT2D eigenvalue weighted by Gasteiger charge is -2.35. The first kappa shape index (κ1) is 12.7. The number of hydrogen-bond donors (Lipinski definition) is 2. The predicted molar refractivity (Wildman–Crippen MR) is 70.2 cm³/mol. The summed E-state index contributed by atoms with van der Waals surface area (Å²) in [6.45, 7) is 2.39. The molecular weight excluding hydrogens is 236 g/mol. The van der Waals surface area contributed by atoms with Gasteiger partial charge < -0.3 is 10.8 Å². The average molecular weight is 255 g/mol. The monoisotopic (exact) mass is 254 g/mol. The Morgan fingerprint density at radius 2 is 2.24 bits per heavy atom. The molecule has 0 saturated carbocycles. The third-order valence-electron chi connectivity index (χ3n) is 3.48. The molecule has 17 heavy (non-hydrogen) atoms. The summed E-state index contributed by atoms with van der Waals surface area (Å²) in [5.41, 5.74) is 6.60. The van der Waals surface area contributed by atoms with Crippen molar-refractivity contribution in [1.82, 2.24) is 4.90 Å². The largest absolute Gasteiger partial charge is 0.508 e. The van der Waals surface area contributed by atoms with Gasteiger partial charge in [-0.15, -0.1) is 0 Å². The van der Waals surface area contributed by atoms with Crippen LogP contribution in [0, 0.1) is 0 Å². The molecule has 1 saturated heterocycles.